The molecular weight excluding hydrogens is 733 g/mol. The Bertz CT molecular complexity index is 1530. The molecule has 3 saturated heterocycles. The number of oxime groups is 1. The summed E-state index contributed by atoms with van der Waals surface area (Å²) in [5, 5.41) is 4.32. The smallest absolute Gasteiger partial charge is 0.311 e. The van der Waals surface area contributed by atoms with Gasteiger partial charge in [0.05, 0.1) is 36.0 Å². The number of rotatable bonds is 12. The molecule has 11 nitrogen and oxygen atoms in total. The van der Waals surface area contributed by atoms with Crippen LogP contribution in [0, 0.1) is 17.8 Å². The number of hydrogen-bond acceptors (Lipinski definition) is 11. The molecule has 0 radical (unpaired) electrons. The molecule has 1 spiro atoms. The minimum atomic E-state index is -2.21. The Hall–Kier alpha value is -1.95. The van der Waals surface area contributed by atoms with Crippen molar-refractivity contribution in [1.82, 2.24) is 4.90 Å². The summed E-state index contributed by atoms with van der Waals surface area (Å²) < 4.78 is 49.1. The van der Waals surface area contributed by atoms with E-state index in [-0.39, 0.29) is 42.7 Å². The van der Waals surface area contributed by atoms with Crippen LogP contribution in [-0.4, -0.2) is 114 Å². The van der Waals surface area contributed by atoms with Crippen molar-refractivity contribution < 1.29 is 42.2 Å². The average molecular weight is 803 g/mol. The van der Waals surface area contributed by atoms with Gasteiger partial charge in [-0.1, -0.05) is 56.3 Å². The molecule has 310 valence electrons. The van der Waals surface area contributed by atoms with Gasteiger partial charge in [-0.25, -0.2) is 0 Å². The van der Waals surface area contributed by atoms with Crippen LogP contribution in [0.3, 0.4) is 0 Å². The van der Waals surface area contributed by atoms with Crippen LogP contribution < -0.4 is 0 Å². The van der Waals surface area contributed by atoms with Crippen LogP contribution in [-0.2, 0) is 42.2 Å². The summed E-state index contributed by atoms with van der Waals surface area (Å²) in [6.07, 6.45) is 2.86. The molecule has 0 N–H and O–H groups in total. The van der Waals surface area contributed by atoms with Crippen molar-refractivity contribution in [3.8, 4) is 0 Å². The highest BCUT2D eigenvalue weighted by Gasteiger charge is 2.66. The summed E-state index contributed by atoms with van der Waals surface area (Å²) in [5.41, 5.74) is -0.185. The van der Waals surface area contributed by atoms with Gasteiger partial charge < -0.3 is 42.3 Å². The zero-order valence-electron chi connectivity index (χ0n) is 36.2. The van der Waals surface area contributed by atoms with E-state index in [1.54, 1.807) is 6.21 Å². The number of esters is 1. The maximum atomic E-state index is 14.3. The van der Waals surface area contributed by atoms with E-state index in [1.807, 2.05) is 57.2 Å². The second-order valence-electron chi connectivity index (χ2n) is 19.1. The van der Waals surface area contributed by atoms with Crippen molar-refractivity contribution in [2.24, 2.45) is 22.9 Å². The highest BCUT2D eigenvalue weighted by molar-refractivity contribution is 6.70. The van der Waals surface area contributed by atoms with Gasteiger partial charge in [0, 0.05) is 23.5 Å². The topological polar surface area (TPSA) is 107 Å². The third-order valence-corrected chi connectivity index (χ3v) is 13.5. The quantitative estimate of drug-likeness (QED) is 0.0685. The number of benzene rings is 1. The number of ether oxygens (including phenoxy) is 5. The summed E-state index contributed by atoms with van der Waals surface area (Å²) in [5.74, 6) is -2.60. The van der Waals surface area contributed by atoms with Gasteiger partial charge in [0.15, 0.2) is 28.7 Å². The van der Waals surface area contributed by atoms with Gasteiger partial charge in [-0.15, -0.1) is 0 Å². The molecule has 0 aromatic heterocycles. The number of fused-ring (bicyclic) bond motifs is 2. The molecule has 0 saturated carbocycles. The Morgan fingerprint density at radius 1 is 0.945 bits per heavy atom. The summed E-state index contributed by atoms with van der Waals surface area (Å²) in [6.45, 7) is 27.6. The molecule has 3 bridgehead atoms. The van der Waals surface area contributed by atoms with Crippen LogP contribution in [0.2, 0.25) is 39.3 Å². The molecule has 55 heavy (non-hydrogen) atoms. The van der Waals surface area contributed by atoms with Crippen molar-refractivity contribution in [2.45, 2.75) is 167 Å². The number of carbonyl (C=O) groups excluding carboxylic acids is 1. The lowest BCUT2D eigenvalue weighted by Crippen LogP contribution is -2.62. The molecule has 4 heterocycles. The minimum absolute atomic E-state index is 0.0699. The van der Waals surface area contributed by atoms with E-state index in [0.29, 0.717) is 12.8 Å². The van der Waals surface area contributed by atoms with Crippen LogP contribution in [0.5, 0.6) is 0 Å². The fraction of sp³-hybridized carbons (Fsp3) is 0.762. The normalized spacial score (nSPS) is 40.1. The lowest BCUT2D eigenvalue weighted by atomic mass is 9.78. The number of carbonyl (C=O) groups is 1. The fourth-order valence-electron chi connectivity index (χ4n) is 9.20. The van der Waals surface area contributed by atoms with Gasteiger partial charge in [0.1, 0.15) is 24.4 Å². The predicted molar refractivity (Wildman–Crippen MR) is 220 cm³/mol. The maximum Gasteiger partial charge on any atom is 0.311 e. The first-order chi connectivity index (χ1) is 25.5. The predicted octanol–water partition coefficient (Wildman–Crippen LogP) is 7.76. The molecule has 3 fully saturated rings. The third kappa shape index (κ3) is 9.85. The SMILES string of the molecule is CC[C@H]1OC(=O)[C@H](C)[C@@H](O[Si](C)(C)C)[C@H](C)[C@@H](OC2O[C@H](C)C[C@H](N(C)C)[C@H]2O[Si](C)(C)C)[C@@]2(C)CC(C)C3(OC1(C)C=C3CO/N=C\c1ccccc1)O2. The van der Waals surface area contributed by atoms with Gasteiger partial charge in [-0.05, 0) is 112 Å². The number of hydrogen-bond donors (Lipinski definition) is 0. The van der Waals surface area contributed by atoms with Crippen molar-refractivity contribution in [1.29, 1.82) is 0 Å². The monoisotopic (exact) mass is 802 g/mol. The van der Waals surface area contributed by atoms with Crippen LogP contribution in [0.15, 0.2) is 47.1 Å². The van der Waals surface area contributed by atoms with Crippen molar-refractivity contribution in [2.75, 3.05) is 20.7 Å². The Kier molecular flexibility index (Phi) is 13.4. The highest BCUT2D eigenvalue weighted by atomic mass is 28.4. The van der Waals surface area contributed by atoms with Gasteiger partial charge in [-0.3, -0.25) is 4.79 Å². The molecule has 1 aromatic rings. The second kappa shape index (κ2) is 16.7. The van der Waals surface area contributed by atoms with E-state index in [0.717, 1.165) is 17.6 Å². The van der Waals surface area contributed by atoms with Crippen LogP contribution >= 0.6 is 0 Å². The summed E-state index contributed by atoms with van der Waals surface area (Å²) in [7, 11) is -0.0894. The van der Waals surface area contributed by atoms with Crippen molar-refractivity contribution in [3.63, 3.8) is 0 Å². The number of cyclic esters (lactones) is 1. The molecule has 13 atom stereocenters. The van der Waals surface area contributed by atoms with E-state index < -0.39 is 64.1 Å². The summed E-state index contributed by atoms with van der Waals surface area (Å²) in [6, 6.07) is 9.89. The van der Waals surface area contributed by atoms with Gasteiger partial charge >= 0.3 is 5.97 Å². The molecule has 13 heteroatoms. The van der Waals surface area contributed by atoms with E-state index in [9.17, 15) is 4.79 Å². The third-order valence-electron chi connectivity index (χ3n) is 11.6. The lowest BCUT2D eigenvalue weighted by molar-refractivity contribution is -0.326. The first-order valence-corrected chi connectivity index (χ1v) is 27.2. The standard InChI is InChI=1S/C42H70N2O9Si2/c1-16-34-40(6)24-32(26-46-43-25-31-20-18-17-19-21-31)42(52-40)27(2)23-41(7,53-42)37(29(4)35(50-54(10,11)12)30(5)38(45)48-34)49-39-36(51-55(13,14)15)33(44(8)9)22-28(3)47-39/h17-21,24-25,27-30,33-37,39H,16,22-23,26H2,1-15H3/b43-25-/t27?,28-,29+,30-,33+,34-,35+,36-,37-,39?,40?,41-,42?/m1/s1. The lowest BCUT2D eigenvalue weighted by Gasteiger charge is -2.50. The molecule has 0 amide bonds. The first kappa shape index (κ1) is 44.2. The second-order valence-corrected chi connectivity index (χ2v) is 28.0. The molecule has 1 aromatic carbocycles. The maximum absolute atomic E-state index is 14.3. The zero-order valence-corrected chi connectivity index (χ0v) is 38.2. The van der Waals surface area contributed by atoms with Crippen LogP contribution in [0.1, 0.15) is 73.3 Å². The van der Waals surface area contributed by atoms with Gasteiger partial charge in [0.25, 0.3) is 0 Å². The Labute approximate surface area is 333 Å². The van der Waals surface area contributed by atoms with Crippen molar-refractivity contribution >= 4 is 28.8 Å². The van der Waals surface area contributed by atoms with Crippen molar-refractivity contribution in [3.05, 3.63) is 47.5 Å². The number of nitrogens with zero attached hydrogens (tertiary/aromatic N) is 2. The van der Waals surface area contributed by atoms with E-state index in [1.165, 1.54) is 0 Å². The Balaban J connectivity index is 1.62. The van der Waals surface area contributed by atoms with E-state index in [4.69, 9.17) is 37.4 Å². The molecule has 4 aliphatic rings. The summed E-state index contributed by atoms with van der Waals surface area (Å²) in [4.78, 5) is 22.6. The van der Waals surface area contributed by atoms with E-state index in [2.05, 4.69) is 91.1 Å². The highest BCUT2D eigenvalue weighted by Crippen LogP contribution is 2.57. The molecular formula is C42H70N2O9Si2. The van der Waals surface area contributed by atoms with Crippen LogP contribution in [0.4, 0.5) is 0 Å². The Morgan fingerprint density at radius 2 is 1.58 bits per heavy atom. The first-order valence-electron chi connectivity index (χ1n) is 20.4. The molecule has 5 rings (SSSR count). The molecule has 4 unspecified atom stereocenters. The average Bonchev–Trinajstić information content (AvgIpc) is 3.52. The van der Waals surface area contributed by atoms with Gasteiger partial charge in [0.2, 0.25) is 0 Å². The molecule has 0 aliphatic carbocycles. The van der Waals surface area contributed by atoms with Gasteiger partial charge in [-0.2, -0.15) is 0 Å². The number of likely N-dealkylation sites (N-methyl/N-ethyl adjacent to an activating group) is 1. The fourth-order valence-corrected chi connectivity index (χ4v) is 11.5. The minimum Gasteiger partial charge on any atom is -0.459 e. The largest absolute Gasteiger partial charge is 0.459 e. The Morgan fingerprint density at radius 3 is 2.18 bits per heavy atom. The van der Waals surface area contributed by atoms with E-state index >= 15 is 0 Å². The summed E-state index contributed by atoms with van der Waals surface area (Å²) >= 11 is 0. The molecule has 4 aliphatic heterocycles. The van der Waals surface area contributed by atoms with Crippen LogP contribution in [0.25, 0.3) is 0 Å². The zero-order chi connectivity index (χ0) is 40.7.